The molecule has 0 fully saturated rings. The van der Waals surface area contributed by atoms with Crippen LogP contribution in [0.1, 0.15) is 386 Å². The summed E-state index contributed by atoms with van der Waals surface area (Å²) in [4.78, 5) is 38.1. The van der Waals surface area contributed by atoms with E-state index in [0.29, 0.717) is 17.4 Å². The molecule has 0 aromatic carbocycles. The molecule has 0 aliphatic carbocycles. The Balaban J connectivity index is 3.94. The molecule has 0 bridgehead atoms. The summed E-state index contributed by atoms with van der Waals surface area (Å²) in [5, 5.41) is 0. The second kappa shape index (κ2) is 67.6. The molecule has 0 spiro atoms. The summed E-state index contributed by atoms with van der Waals surface area (Å²) in [5.74, 6) is -0.811. The minimum atomic E-state index is -4.64. The molecule has 9 nitrogen and oxygen atoms in total. The van der Waals surface area contributed by atoms with Crippen molar-refractivity contribution in [3.05, 3.63) is 36.5 Å². The van der Waals surface area contributed by atoms with Crippen LogP contribution < -0.4 is 4.89 Å². The number of quaternary nitrogens is 1. The summed E-state index contributed by atoms with van der Waals surface area (Å²) in [7, 11) is 1.19. The molecule has 0 saturated carbocycles. The third-order valence-electron chi connectivity index (χ3n) is 17.1. The third-order valence-corrected chi connectivity index (χ3v) is 18.1. The number of esters is 2. The van der Waals surface area contributed by atoms with Crippen molar-refractivity contribution in [2.75, 3.05) is 47.5 Å². The Hall–Kier alpha value is -1.77. The van der Waals surface area contributed by atoms with Gasteiger partial charge >= 0.3 is 11.9 Å². The van der Waals surface area contributed by atoms with E-state index >= 15 is 0 Å². The first kappa shape index (κ1) is 84.2. The number of likely N-dealkylation sites (N-methyl/N-ethyl adjacent to an activating group) is 1. The van der Waals surface area contributed by atoms with Gasteiger partial charge in [-0.15, -0.1) is 0 Å². The first-order valence-electron chi connectivity index (χ1n) is 37.7. The van der Waals surface area contributed by atoms with Gasteiger partial charge in [-0.1, -0.05) is 339 Å². The topological polar surface area (TPSA) is 111 Å². The van der Waals surface area contributed by atoms with Crippen LogP contribution in [-0.4, -0.2) is 70.0 Å². The van der Waals surface area contributed by atoms with E-state index in [0.717, 1.165) is 38.5 Å². The largest absolute Gasteiger partial charge is 0.756 e. The molecule has 0 aliphatic heterocycles. The molecule has 0 amide bonds. The lowest BCUT2D eigenvalue weighted by Crippen LogP contribution is -2.37. The average molecular weight is 1230 g/mol. The molecule has 0 N–H and O–H groups in total. The van der Waals surface area contributed by atoms with E-state index in [4.69, 9.17) is 18.5 Å². The molecular formula is C76H146NO8P. The second-order valence-corrected chi connectivity index (χ2v) is 28.4. The van der Waals surface area contributed by atoms with Crippen LogP contribution in [0.5, 0.6) is 0 Å². The zero-order valence-electron chi connectivity index (χ0n) is 58.0. The quantitative estimate of drug-likeness (QED) is 0.0195. The lowest BCUT2D eigenvalue weighted by molar-refractivity contribution is -0.870. The van der Waals surface area contributed by atoms with Gasteiger partial charge in [0.15, 0.2) is 6.10 Å². The number of hydrogen-bond acceptors (Lipinski definition) is 8. The van der Waals surface area contributed by atoms with Gasteiger partial charge in [0.2, 0.25) is 0 Å². The highest BCUT2D eigenvalue weighted by Crippen LogP contribution is 2.38. The normalized spacial score (nSPS) is 13.2. The van der Waals surface area contributed by atoms with E-state index in [2.05, 4.69) is 50.3 Å². The van der Waals surface area contributed by atoms with E-state index in [1.54, 1.807) is 0 Å². The number of hydrogen-bond donors (Lipinski definition) is 0. The fourth-order valence-electron chi connectivity index (χ4n) is 11.3. The molecule has 2 unspecified atom stereocenters. The Morgan fingerprint density at radius 2 is 0.628 bits per heavy atom. The van der Waals surface area contributed by atoms with Gasteiger partial charge in [0.25, 0.3) is 7.82 Å². The molecule has 0 aromatic heterocycles. The minimum absolute atomic E-state index is 0.0281. The predicted molar refractivity (Wildman–Crippen MR) is 370 cm³/mol. The number of nitrogens with zero attached hydrogens (tertiary/aromatic N) is 1. The molecule has 10 heteroatoms. The predicted octanol–water partition coefficient (Wildman–Crippen LogP) is 24.0. The molecule has 86 heavy (non-hydrogen) atoms. The summed E-state index contributed by atoms with van der Waals surface area (Å²) >= 11 is 0. The van der Waals surface area contributed by atoms with Crippen molar-refractivity contribution in [1.82, 2.24) is 0 Å². The van der Waals surface area contributed by atoms with E-state index in [1.165, 1.54) is 315 Å². The summed E-state index contributed by atoms with van der Waals surface area (Å²) in [5.41, 5.74) is 0. The lowest BCUT2D eigenvalue weighted by Gasteiger charge is -2.28. The Morgan fingerprint density at radius 1 is 0.360 bits per heavy atom. The van der Waals surface area contributed by atoms with Crippen molar-refractivity contribution in [3.8, 4) is 0 Å². The highest BCUT2D eigenvalue weighted by atomic mass is 31.2. The van der Waals surface area contributed by atoms with Gasteiger partial charge < -0.3 is 27.9 Å². The van der Waals surface area contributed by atoms with E-state index < -0.39 is 26.5 Å². The molecule has 0 radical (unpaired) electrons. The Bertz CT molecular complexity index is 1540. The Morgan fingerprint density at radius 3 is 0.930 bits per heavy atom. The van der Waals surface area contributed by atoms with Gasteiger partial charge in [-0.25, -0.2) is 0 Å². The molecule has 0 aliphatic rings. The SMILES string of the molecule is CCCCCCC/C=C\C/C=C\CCCCCCCCCCCCCCCCCC(=O)OC(COC(=O)CCCCCCCCCCCCCCCCCCCCCCCCC/C=C\CCCCCCCCCC)COP(=O)([O-])OCC[N+](C)(C)C. The summed E-state index contributed by atoms with van der Waals surface area (Å²) in [6.45, 7) is 4.30. The molecule has 0 saturated heterocycles. The maximum Gasteiger partial charge on any atom is 0.306 e. The Labute approximate surface area is 535 Å². The molecular weight excluding hydrogens is 1090 g/mol. The van der Waals surface area contributed by atoms with Gasteiger partial charge in [0.05, 0.1) is 27.7 Å². The number of phosphoric acid groups is 1. The van der Waals surface area contributed by atoms with Gasteiger partial charge in [0, 0.05) is 12.8 Å². The summed E-state index contributed by atoms with van der Waals surface area (Å²) < 4.78 is 34.4. The summed E-state index contributed by atoms with van der Waals surface area (Å²) in [6, 6.07) is 0. The molecule has 0 rings (SSSR count). The van der Waals surface area contributed by atoms with Gasteiger partial charge in [-0.3, -0.25) is 14.2 Å². The van der Waals surface area contributed by atoms with E-state index in [-0.39, 0.29) is 32.0 Å². The average Bonchev–Trinajstić information content (AvgIpc) is 3.53. The second-order valence-electron chi connectivity index (χ2n) is 27.0. The number of unbranched alkanes of at least 4 members (excludes halogenated alkanes) is 51. The van der Waals surface area contributed by atoms with Crippen molar-refractivity contribution in [2.45, 2.75) is 392 Å². The Kier molecular flexibility index (Phi) is 66.2. The lowest BCUT2D eigenvalue weighted by atomic mass is 10.0. The van der Waals surface area contributed by atoms with Crippen LogP contribution in [-0.2, 0) is 32.7 Å². The van der Waals surface area contributed by atoms with Crippen LogP contribution in [0.25, 0.3) is 0 Å². The van der Waals surface area contributed by atoms with Crippen molar-refractivity contribution < 1.29 is 42.1 Å². The molecule has 0 heterocycles. The van der Waals surface area contributed by atoms with E-state index in [1.807, 2.05) is 21.1 Å². The number of rotatable bonds is 71. The number of carbonyl (C=O) groups excluding carboxylic acids is 2. The summed E-state index contributed by atoms with van der Waals surface area (Å²) in [6.07, 6.45) is 86.8. The van der Waals surface area contributed by atoms with Crippen LogP contribution in [0.15, 0.2) is 36.5 Å². The molecule has 0 aromatic rings. The first-order chi connectivity index (χ1) is 42.0. The smallest absolute Gasteiger partial charge is 0.306 e. The van der Waals surface area contributed by atoms with Crippen LogP contribution >= 0.6 is 7.82 Å². The monoisotopic (exact) mass is 1230 g/mol. The van der Waals surface area contributed by atoms with Crippen LogP contribution in [0.2, 0.25) is 0 Å². The maximum atomic E-state index is 12.9. The van der Waals surface area contributed by atoms with Gasteiger partial charge in [-0.05, 0) is 70.6 Å². The fourth-order valence-corrected chi connectivity index (χ4v) is 12.1. The zero-order valence-corrected chi connectivity index (χ0v) is 58.9. The third kappa shape index (κ3) is 71.3. The van der Waals surface area contributed by atoms with Crippen LogP contribution in [0.4, 0.5) is 0 Å². The standard InChI is InChI=1S/C76H146NO8P/c1-6-8-10-12-14-16-18-20-22-24-26-28-30-32-34-35-36-37-38-39-40-41-43-44-46-48-50-52-54-56-58-60-62-64-66-68-75(78)82-72-74(73-84-86(80,81)83-71-70-77(3,4)5)85-76(79)69-67-65-63-61-59-57-55-53-51-49-47-45-42-33-31-29-27-25-23-21-19-17-15-13-11-9-7-2/h19,21,24-27,74H,6-18,20,22-23,28-73H2,1-5H3/b21-19-,26-24-,27-25-. The highest BCUT2D eigenvalue weighted by molar-refractivity contribution is 7.45. The van der Waals surface area contributed by atoms with Crippen molar-refractivity contribution in [1.29, 1.82) is 0 Å². The van der Waals surface area contributed by atoms with Crippen molar-refractivity contribution >= 4 is 19.8 Å². The van der Waals surface area contributed by atoms with Crippen LogP contribution in [0.3, 0.4) is 0 Å². The minimum Gasteiger partial charge on any atom is -0.756 e. The maximum absolute atomic E-state index is 12.9. The number of allylic oxidation sites excluding steroid dienone is 6. The number of ether oxygens (including phenoxy) is 2. The van der Waals surface area contributed by atoms with E-state index in [9.17, 15) is 19.0 Å². The molecule has 2 atom stereocenters. The zero-order chi connectivity index (χ0) is 62.6. The van der Waals surface area contributed by atoms with Crippen molar-refractivity contribution in [3.63, 3.8) is 0 Å². The van der Waals surface area contributed by atoms with Gasteiger partial charge in [-0.2, -0.15) is 0 Å². The van der Waals surface area contributed by atoms with Gasteiger partial charge in [0.1, 0.15) is 19.8 Å². The molecule has 508 valence electrons. The fraction of sp³-hybridized carbons (Fsp3) is 0.895. The van der Waals surface area contributed by atoms with Crippen molar-refractivity contribution in [2.24, 2.45) is 0 Å². The number of phosphoric ester groups is 1. The highest BCUT2D eigenvalue weighted by Gasteiger charge is 2.22. The van der Waals surface area contributed by atoms with Crippen LogP contribution in [0, 0.1) is 0 Å². The number of carbonyl (C=O) groups is 2. The first-order valence-corrected chi connectivity index (χ1v) is 39.2.